The number of carbonyl (C=O) groups is 2. The van der Waals surface area contributed by atoms with Crippen molar-refractivity contribution in [3.8, 4) is 0 Å². The molecule has 144 valence electrons. The Morgan fingerprint density at radius 1 is 1.46 bits per heavy atom. The third-order valence-corrected chi connectivity index (χ3v) is 6.93. The lowest BCUT2D eigenvalue weighted by atomic mass is 10.1. The molecular weight excluding hydrogens is 376 g/mol. The van der Waals surface area contributed by atoms with E-state index in [0.717, 1.165) is 0 Å². The van der Waals surface area contributed by atoms with Crippen LogP contribution in [-0.2, 0) is 19.4 Å². The Morgan fingerprint density at radius 2 is 2.19 bits per heavy atom. The van der Waals surface area contributed by atoms with Crippen LogP contribution in [-0.4, -0.2) is 66.6 Å². The predicted octanol–water partition coefficient (Wildman–Crippen LogP) is 1.77. The number of carbonyl (C=O) groups excluding carboxylic acids is 2. The summed E-state index contributed by atoms with van der Waals surface area (Å²) in [6.07, 6.45) is 4.50. The minimum absolute atomic E-state index is 0.0315. The first-order valence-corrected chi connectivity index (χ1v) is 11.5. The molecule has 2 heterocycles. The summed E-state index contributed by atoms with van der Waals surface area (Å²) in [6.45, 7) is 3.39. The zero-order valence-electron chi connectivity index (χ0n) is 15.2. The molecule has 0 radical (unpaired) electrons. The van der Waals surface area contributed by atoms with Crippen LogP contribution in [0.2, 0.25) is 0 Å². The highest BCUT2D eigenvalue weighted by molar-refractivity contribution is 7.98. The highest BCUT2D eigenvalue weighted by Gasteiger charge is 2.36. The number of hydrogen-bond donors (Lipinski definition) is 0. The molecule has 0 spiro atoms. The summed E-state index contributed by atoms with van der Waals surface area (Å²) in [5.41, 5.74) is 0.311. The maximum absolute atomic E-state index is 12.7. The van der Waals surface area contributed by atoms with Gasteiger partial charge in [0.15, 0.2) is 16.4 Å². The molecule has 1 aromatic rings. The van der Waals surface area contributed by atoms with Gasteiger partial charge in [0.1, 0.15) is 5.03 Å². The van der Waals surface area contributed by atoms with Crippen LogP contribution in [0.15, 0.2) is 23.4 Å². The Hall–Kier alpha value is -1.61. The van der Waals surface area contributed by atoms with Gasteiger partial charge in [-0.05, 0) is 38.2 Å². The van der Waals surface area contributed by atoms with Crippen molar-refractivity contribution in [3.05, 3.63) is 23.9 Å². The molecule has 0 bridgehead atoms. The summed E-state index contributed by atoms with van der Waals surface area (Å²) in [6, 6.07) is 2.75. The molecule has 2 rings (SSSR count). The maximum atomic E-state index is 12.7. The Balaban J connectivity index is 2.06. The molecule has 1 saturated heterocycles. The molecular formula is C17H24N2O5S2. The van der Waals surface area contributed by atoms with Crippen molar-refractivity contribution in [3.63, 3.8) is 0 Å². The summed E-state index contributed by atoms with van der Waals surface area (Å²) in [7, 11) is -3.11. The summed E-state index contributed by atoms with van der Waals surface area (Å²) in [4.78, 5) is 30.6. The molecule has 1 aliphatic heterocycles. The van der Waals surface area contributed by atoms with Gasteiger partial charge in [-0.1, -0.05) is 6.92 Å². The maximum Gasteiger partial charge on any atom is 0.341 e. The number of hydrogen-bond acceptors (Lipinski definition) is 7. The van der Waals surface area contributed by atoms with Crippen LogP contribution in [0.5, 0.6) is 0 Å². The molecule has 0 N–H and O–H groups in total. The van der Waals surface area contributed by atoms with Crippen LogP contribution < -0.4 is 0 Å². The van der Waals surface area contributed by atoms with Crippen LogP contribution >= 0.6 is 11.8 Å². The lowest BCUT2D eigenvalue weighted by Gasteiger charge is -2.33. The number of pyridine rings is 1. The molecule has 2 atom stereocenters. The molecule has 0 aliphatic carbocycles. The van der Waals surface area contributed by atoms with Gasteiger partial charge in [0.25, 0.3) is 5.91 Å². The van der Waals surface area contributed by atoms with Gasteiger partial charge in [-0.15, -0.1) is 11.8 Å². The fraction of sp³-hybridized carbons (Fsp3) is 0.588. The Bertz CT molecular complexity index is 766. The van der Waals surface area contributed by atoms with Crippen LogP contribution in [0, 0.1) is 0 Å². The minimum Gasteiger partial charge on any atom is -0.452 e. The average Bonchev–Trinajstić information content (AvgIpc) is 2.98. The first-order chi connectivity index (χ1) is 12.3. The van der Waals surface area contributed by atoms with Gasteiger partial charge < -0.3 is 9.64 Å². The quantitative estimate of drug-likeness (QED) is 0.509. The van der Waals surface area contributed by atoms with Crippen LogP contribution in [0.4, 0.5) is 0 Å². The lowest BCUT2D eigenvalue weighted by Crippen LogP contribution is -2.48. The van der Waals surface area contributed by atoms with E-state index < -0.39 is 22.4 Å². The zero-order chi connectivity index (χ0) is 19.3. The lowest BCUT2D eigenvalue weighted by molar-refractivity contribution is -0.138. The summed E-state index contributed by atoms with van der Waals surface area (Å²) >= 11 is 1.32. The van der Waals surface area contributed by atoms with Gasteiger partial charge in [-0.2, -0.15) is 0 Å². The molecule has 0 aromatic carbocycles. The van der Waals surface area contributed by atoms with E-state index >= 15 is 0 Å². The number of sulfone groups is 1. The highest BCUT2D eigenvalue weighted by Crippen LogP contribution is 2.22. The van der Waals surface area contributed by atoms with Gasteiger partial charge in [0, 0.05) is 18.3 Å². The van der Waals surface area contributed by atoms with Crippen molar-refractivity contribution in [2.75, 3.05) is 24.4 Å². The molecule has 0 unspecified atom stereocenters. The van der Waals surface area contributed by atoms with E-state index in [4.69, 9.17) is 4.74 Å². The average molecular weight is 401 g/mol. The Morgan fingerprint density at radius 3 is 2.77 bits per heavy atom. The first-order valence-electron chi connectivity index (χ1n) is 8.46. The topological polar surface area (TPSA) is 93.6 Å². The van der Waals surface area contributed by atoms with E-state index in [-0.39, 0.29) is 29.5 Å². The highest BCUT2D eigenvalue weighted by atomic mass is 32.2. The molecule has 1 aliphatic rings. The molecule has 26 heavy (non-hydrogen) atoms. The summed E-state index contributed by atoms with van der Waals surface area (Å²) in [5, 5.41) is 0.533. The number of esters is 1. The third-order valence-electron chi connectivity index (χ3n) is 4.47. The van der Waals surface area contributed by atoms with Gasteiger partial charge >= 0.3 is 5.97 Å². The van der Waals surface area contributed by atoms with Crippen molar-refractivity contribution in [1.29, 1.82) is 0 Å². The van der Waals surface area contributed by atoms with E-state index in [1.807, 2.05) is 13.8 Å². The standard InChI is InChI=1S/C17H24N2O5S2/c1-4-12(2)19(13-7-9-26(22,23)11-13)15(20)10-24-17(21)14-6-5-8-18-16(14)25-3/h5-6,8,12-13H,4,7,9-11H2,1-3H3/t12-,13-/m0/s1. The fourth-order valence-electron chi connectivity index (χ4n) is 2.99. The van der Waals surface area contributed by atoms with Crippen molar-refractivity contribution in [1.82, 2.24) is 9.88 Å². The number of rotatable bonds is 7. The van der Waals surface area contributed by atoms with Crippen molar-refractivity contribution in [2.24, 2.45) is 0 Å². The Labute approximate surface area is 158 Å². The van der Waals surface area contributed by atoms with Crippen molar-refractivity contribution in [2.45, 2.75) is 43.8 Å². The second-order valence-corrected chi connectivity index (χ2v) is 9.28. The molecule has 1 fully saturated rings. The molecule has 1 aromatic heterocycles. The number of ether oxygens (including phenoxy) is 1. The van der Waals surface area contributed by atoms with E-state index in [1.54, 1.807) is 29.5 Å². The number of nitrogens with zero attached hydrogens (tertiary/aromatic N) is 2. The van der Waals surface area contributed by atoms with Gasteiger partial charge in [0.05, 0.1) is 17.1 Å². The normalized spacial score (nSPS) is 19.7. The monoisotopic (exact) mass is 400 g/mol. The second kappa shape index (κ2) is 8.85. The van der Waals surface area contributed by atoms with Crippen molar-refractivity contribution >= 4 is 33.5 Å². The zero-order valence-corrected chi connectivity index (χ0v) is 16.8. The smallest absolute Gasteiger partial charge is 0.341 e. The predicted molar refractivity (Wildman–Crippen MR) is 100.0 cm³/mol. The van der Waals surface area contributed by atoms with E-state index in [9.17, 15) is 18.0 Å². The Kier molecular flexibility index (Phi) is 7.05. The van der Waals surface area contributed by atoms with E-state index in [1.165, 1.54) is 11.8 Å². The molecule has 7 nitrogen and oxygen atoms in total. The largest absolute Gasteiger partial charge is 0.452 e. The SMILES string of the molecule is CC[C@H](C)N(C(=O)COC(=O)c1cccnc1SC)[C@H]1CCS(=O)(=O)C1. The van der Waals surface area contributed by atoms with Gasteiger partial charge in [-0.25, -0.2) is 18.2 Å². The summed E-state index contributed by atoms with van der Waals surface area (Å²) < 4.78 is 28.7. The van der Waals surface area contributed by atoms with Crippen molar-refractivity contribution < 1.29 is 22.7 Å². The van der Waals surface area contributed by atoms with Crippen LogP contribution in [0.3, 0.4) is 0 Å². The van der Waals surface area contributed by atoms with Gasteiger partial charge in [0.2, 0.25) is 0 Å². The fourth-order valence-corrected chi connectivity index (χ4v) is 5.24. The molecule has 0 saturated carbocycles. The molecule has 1 amide bonds. The van der Waals surface area contributed by atoms with Gasteiger partial charge in [-0.3, -0.25) is 4.79 Å². The number of amides is 1. The molecule has 9 heteroatoms. The van der Waals surface area contributed by atoms with Crippen LogP contribution in [0.1, 0.15) is 37.0 Å². The number of thioether (sulfide) groups is 1. The first kappa shape index (κ1) is 20.7. The van der Waals surface area contributed by atoms with E-state index in [0.29, 0.717) is 23.4 Å². The second-order valence-electron chi connectivity index (χ2n) is 6.25. The van der Waals surface area contributed by atoms with E-state index in [2.05, 4.69) is 4.98 Å². The minimum atomic E-state index is -3.11. The third kappa shape index (κ3) is 4.97. The van der Waals surface area contributed by atoms with Crippen LogP contribution in [0.25, 0.3) is 0 Å². The number of aromatic nitrogens is 1. The summed E-state index contributed by atoms with van der Waals surface area (Å²) in [5.74, 6) is -0.927.